The fraction of sp³-hybridized carbons (Fsp3) is 0.357. The van der Waals surface area contributed by atoms with Crippen molar-refractivity contribution in [1.29, 1.82) is 5.41 Å². The van der Waals surface area contributed by atoms with Crippen LogP contribution in [0.4, 0.5) is 0 Å². The minimum Gasteiger partial charge on any atom is -0.384 e. The van der Waals surface area contributed by atoms with E-state index >= 15 is 0 Å². The molecule has 0 aliphatic carbocycles. The second-order valence-electron chi connectivity index (χ2n) is 4.81. The van der Waals surface area contributed by atoms with E-state index in [1.807, 2.05) is 12.1 Å². The summed E-state index contributed by atoms with van der Waals surface area (Å²) in [5.41, 5.74) is 12.1. The molecule has 0 bridgehead atoms. The summed E-state index contributed by atoms with van der Waals surface area (Å²) in [4.78, 5) is 22.5. The lowest BCUT2D eigenvalue weighted by Crippen LogP contribution is -2.51. The quantitative estimate of drug-likeness (QED) is 0.182. The van der Waals surface area contributed by atoms with Crippen LogP contribution in [0.1, 0.15) is 11.1 Å². The van der Waals surface area contributed by atoms with Crippen LogP contribution in [-0.4, -0.2) is 44.0 Å². The number of carbonyl (C=O) groups excluding carboxylic acids is 2. The molecule has 0 aromatic heterocycles. The Morgan fingerprint density at radius 1 is 1.18 bits per heavy atom. The van der Waals surface area contributed by atoms with Gasteiger partial charge in [0.15, 0.2) is 0 Å². The highest BCUT2D eigenvalue weighted by Gasteiger charge is 2.13. The Morgan fingerprint density at radius 2 is 1.82 bits per heavy atom. The molecule has 1 rings (SSSR count). The molecule has 1 aromatic carbocycles. The molecule has 1 atom stereocenters. The number of rotatable bonds is 9. The largest absolute Gasteiger partial charge is 0.384 e. The third-order valence-corrected chi connectivity index (χ3v) is 2.90. The van der Waals surface area contributed by atoms with Crippen molar-refractivity contribution in [3.05, 3.63) is 35.4 Å². The first-order valence-electron chi connectivity index (χ1n) is 6.81. The van der Waals surface area contributed by atoms with Crippen molar-refractivity contribution >= 4 is 17.6 Å². The molecule has 0 radical (unpaired) electrons. The van der Waals surface area contributed by atoms with Gasteiger partial charge in [-0.05, 0) is 12.6 Å². The minimum absolute atomic E-state index is 0.00252. The summed E-state index contributed by atoms with van der Waals surface area (Å²) in [6.45, 7) is 0.147. The molecule has 0 fully saturated rings. The second-order valence-corrected chi connectivity index (χ2v) is 4.81. The van der Waals surface area contributed by atoms with Crippen LogP contribution >= 0.6 is 0 Å². The number of hydrogen-bond donors (Lipinski definition) is 6. The van der Waals surface area contributed by atoms with E-state index in [-0.39, 0.29) is 24.8 Å². The van der Waals surface area contributed by atoms with Gasteiger partial charge in [0.1, 0.15) is 5.84 Å². The maximum Gasteiger partial charge on any atom is 0.235 e. The van der Waals surface area contributed by atoms with Gasteiger partial charge < -0.3 is 22.1 Å². The van der Waals surface area contributed by atoms with Crippen LogP contribution in [0, 0.1) is 5.41 Å². The van der Waals surface area contributed by atoms with Crippen molar-refractivity contribution in [1.82, 2.24) is 16.0 Å². The predicted octanol–water partition coefficient (Wildman–Crippen LogP) is -1.75. The summed E-state index contributed by atoms with van der Waals surface area (Å²) < 4.78 is 0. The van der Waals surface area contributed by atoms with Gasteiger partial charge in [-0.1, -0.05) is 24.3 Å². The second kappa shape index (κ2) is 8.75. The van der Waals surface area contributed by atoms with Gasteiger partial charge >= 0.3 is 0 Å². The molecule has 22 heavy (non-hydrogen) atoms. The highest BCUT2D eigenvalue weighted by atomic mass is 16.2. The summed E-state index contributed by atoms with van der Waals surface area (Å²) in [5.74, 6) is -0.693. The molecule has 0 aliphatic rings. The van der Waals surface area contributed by atoms with Crippen molar-refractivity contribution in [2.24, 2.45) is 11.5 Å². The van der Waals surface area contributed by atoms with Gasteiger partial charge in [0.2, 0.25) is 11.8 Å². The topological polar surface area (TPSA) is 146 Å². The predicted molar refractivity (Wildman–Crippen MR) is 84.2 cm³/mol. The number of nitrogens with one attached hydrogen (secondary N) is 4. The molecule has 0 saturated heterocycles. The minimum atomic E-state index is -0.500. The Morgan fingerprint density at radius 3 is 2.32 bits per heavy atom. The van der Waals surface area contributed by atoms with Crippen LogP contribution in [0.15, 0.2) is 24.3 Å². The van der Waals surface area contributed by atoms with E-state index in [0.717, 1.165) is 5.56 Å². The first-order chi connectivity index (χ1) is 10.4. The number of amides is 2. The van der Waals surface area contributed by atoms with Crippen LogP contribution in [0.3, 0.4) is 0 Å². The van der Waals surface area contributed by atoms with Gasteiger partial charge in [0, 0.05) is 12.0 Å². The van der Waals surface area contributed by atoms with Gasteiger partial charge in [-0.2, -0.15) is 0 Å². The maximum absolute atomic E-state index is 11.7. The van der Waals surface area contributed by atoms with Crippen molar-refractivity contribution in [3.63, 3.8) is 0 Å². The van der Waals surface area contributed by atoms with Gasteiger partial charge in [-0.3, -0.25) is 20.3 Å². The van der Waals surface area contributed by atoms with E-state index in [1.54, 1.807) is 19.2 Å². The molecular formula is C14H22N6O2. The van der Waals surface area contributed by atoms with Gasteiger partial charge in [-0.25, -0.2) is 0 Å². The number of likely N-dealkylation sites (N-methyl/N-ethyl adjacent to an activating group) is 1. The molecule has 0 heterocycles. The Kier molecular flexibility index (Phi) is 7.00. The third-order valence-electron chi connectivity index (χ3n) is 2.90. The highest BCUT2D eigenvalue weighted by Crippen LogP contribution is 2.06. The van der Waals surface area contributed by atoms with Crippen molar-refractivity contribution < 1.29 is 9.59 Å². The van der Waals surface area contributed by atoms with Gasteiger partial charge in [-0.15, -0.1) is 0 Å². The third kappa shape index (κ3) is 6.33. The van der Waals surface area contributed by atoms with Crippen LogP contribution in [0.5, 0.6) is 0 Å². The molecule has 1 aromatic rings. The SMILES string of the molecule is CNCC(=O)NC(Cc1ccc(C(=N)N)cc1)NCC(N)=O. The number of carbonyl (C=O) groups is 2. The summed E-state index contributed by atoms with van der Waals surface area (Å²) in [7, 11) is 1.67. The number of primary amides is 1. The van der Waals surface area contributed by atoms with E-state index in [0.29, 0.717) is 12.0 Å². The molecule has 0 spiro atoms. The van der Waals surface area contributed by atoms with Gasteiger partial charge in [0.25, 0.3) is 0 Å². The van der Waals surface area contributed by atoms with Crippen LogP contribution in [-0.2, 0) is 16.0 Å². The first-order valence-corrected chi connectivity index (χ1v) is 6.81. The van der Waals surface area contributed by atoms with E-state index in [2.05, 4.69) is 16.0 Å². The first kappa shape index (κ1) is 17.6. The summed E-state index contributed by atoms with van der Waals surface area (Å²) in [6, 6.07) is 7.11. The lowest BCUT2D eigenvalue weighted by atomic mass is 10.1. The average molecular weight is 306 g/mol. The zero-order valence-electron chi connectivity index (χ0n) is 12.5. The fourth-order valence-electron chi connectivity index (χ4n) is 1.86. The van der Waals surface area contributed by atoms with E-state index in [9.17, 15) is 9.59 Å². The van der Waals surface area contributed by atoms with Crippen molar-refractivity contribution in [2.45, 2.75) is 12.6 Å². The lowest BCUT2D eigenvalue weighted by molar-refractivity contribution is -0.122. The van der Waals surface area contributed by atoms with Crippen LogP contribution < -0.4 is 27.4 Å². The van der Waals surface area contributed by atoms with E-state index in [1.165, 1.54) is 0 Å². The smallest absolute Gasteiger partial charge is 0.235 e. The van der Waals surface area contributed by atoms with Gasteiger partial charge in [0.05, 0.1) is 19.3 Å². The lowest BCUT2D eigenvalue weighted by Gasteiger charge is -2.20. The zero-order chi connectivity index (χ0) is 16.5. The maximum atomic E-state index is 11.7. The number of nitrogen functional groups attached to an aromatic ring is 1. The molecule has 120 valence electrons. The van der Waals surface area contributed by atoms with Crippen molar-refractivity contribution in [3.8, 4) is 0 Å². The highest BCUT2D eigenvalue weighted by molar-refractivity contribution is 5.94. The summed E-state index contributed by atoms with van der Waals surface area (Å²) in [5, 5.41) is 15.8. The molecular weight excluding hydrogens is 284 g/mol. The molecule has 8 N–H and O–H groups in total. The number of hydrogen-bond acceptors (Lipinski definition) is 5. The Balaban J connectivity index is 2.71. The zero-order valence-corrected chi connectivity index (χ0v) is 12.5. The normalized spacial score (nSPS) is 11.7. The van der Waals surface area contributed by atoms with E-state index in [4.69, 9.17) is 16.9 Å². The number of benzene rings is 1. The molecule has 0 aliphatic heterocycles. The van der Waals surface area contributed by atoms with Crippen molar-refractivity contribution in [2.75, 3.05) is 20.1 Å². The van der Waals surface area contributed by atoms with E-state index < -0.39 is 12.1 Å². The molecule has 1 unspecified atom stereocenters. The summed E-state index contributed by atoms with van der Waals surface area (Å²) in [6.07, 6.45) is 0.0533. The molecule has 8 heteroatoms. The Bertz CT molecular complexity index is 529. The standard InChI is InChI=1S/C14H22N6O2/c1-18-8-13(22)20-12(19-7-11(15)21)6-9-2-4-10(5-3-9)14(16)17/h2-5,12,18-19H,6-8H2,1H3,(H2,15,21)(H3,16,17)(H,20,22). The number of nitrogens with two attached hydrogens (primary N) is 2. The Hall–Kier alpha value is -2.45. The van der Waals surface area contributed by atoms with Crippen LogP contribution in [0.2, 0.25) is 0 Å². The van der Waals surface area contributed by atoms with Crippen LogP contribution in [0.25, 0.3) is 0 Å². The Labute approximate surface area is 129 Å². The average Bonchev–Trinajstić information content (AvgIpc) is 2.45. The molecule has 0 saturated carbocycles. The summed E-state index contributed by atoms with van der Waals surface area (Å²) >= 11 is 0. The number of amidine groups is 1. The molecule has 2 amide bonds. The molecule has 8 nitrogen and oxygen atoms in total. The monoisotopic (exact) mass is 306 g/mol. The fourth-order valence-corrected chi connectivity index (χ4v) is 1.86.